The van der Waals surface area contributed by atoms with Crippen molar-refractivity contribution >= 4 is 15.9 Å². The molecule has 0 aliphatic heterocycles. The monoisotopic (exact) mass is 280 g/mol. The van der Waals surface area contributed by atoms with Crippen molar-refractivity contribution in [3.05, 3.63) is 46.7 Å². The summed E-state index contributed by atoms with van der Waals surface area (Å²) in [7, 11) is 1.99. The number of imidazole rings is 1. The average molecular weight is 281 g/mol. The minimum atomic E-state index is 0.742. The summed E-state index contributed by atoms with van der Waals surface area (Å²) >= 11 is 3.35. The van der Waals surface area contributed by atoms with Crippen LogP contribution in [0.1, 0.15) is 11.5 Å². The van der Waals surface area contributed by atoms with Gasteiger partial charge < -0.3 is 9.88 Å². The maximum absolute atomic E-state index is 4.34. The molecule has 0 aliphatic rings. The molecule has 0 radical (unpaired) electrons. The number of nitrogens with zero attached hydrogens (tertiary/aromatic N) is 3. The Morgan fingerprint density at radius 1 is 1.38 bits per heavy atom. The molecule has 0 aliphatic carbocycles. The van der Waals surface area contributed by atoms with Crippen LogP contribution in [0.4, 0.5) is 0 Å². The highest BCUT2D eigenvalue weighted by atomic mass is 79.9. The zero-order chi connectivity index (χ0) is 11.4. The Morgan fingerprint density at radius 3 is 2.94 bits per heavy atom. The lowest BCUT2D eigenvalue weighted by atomic mass is 10.3. The summed E-state index contributed by atoms with van der Waals surface area (Å²) in [5.74, 6) is 1.02. The van der Waals surface area contributed by atoms with E-state index in [0.29, 0.717) is 0 Å². The normalized spacial score (nSPS) is 10.6. The zero-order valence-electron chi connectivity index (χ0n) is 9.02. The van der Waals surface area contributed by atoms with Crippen LogP contribution in [-0.2, 0) is 20.1 Å². The molecule has 0 saturated carbocycles. The molecule has 5 heteroatoms. The van der Waals surface area contributed by atoms with Gasteiger partial charge in [-0.15, -0.1) is 0 Å². The molecule has 0 aromatic carbocycles. The van der Waals surface area contributed by atoms with Gasteiger partial charge >= 0.3 is 0 Å². The molecular formula is C11H13BrN4. The summed E-state index contributed by atoms with van der Waals surface area (Å²) in [6.07, 6.45) is 3.74. The molecule has 0 atom stereocenters. The molecule has 16 heavy (non-hydrogen) atoms. The van der Waals surface area contributed by atoms with E-state index in [-0.39, 0.29) is 0 Å². The Bertz CT molecular complexity index is 467. The maximum Gasteiger partial charge on any atom is 0.122 e. The summed E-state index contributed by atoms with van der Waals surface area (Å²) in [6, 6.07) is 5.90. The third-order valence-electron chi connectivity index (χ3n) is 2.28. The van der Waals surface area contributed by atoms with Crippen LogP contribution in [0, 0.1) is 0 Å². The minimum Gasteiger partial charge on any atom is -0.337 e. The lowest BCUT2D eigenvalue weighted by molar-refractivity contribution is 0.630. The Morgan fingerprint density at radius 2 is 2.25 bits per heavy atom. The molecule has 1 N–H and O–H groups in total. The van der Waals surface area contributed by atoms with Crippen molar-refractivity contribution in [1.29, 1.82) is 0 Å². The second kappa shape index (κ2) is 5.23. The van der Waals surface area contributed by atoms with Gasteiger partial charge in [-0.05, 0) is 28.1 Å². The predicted molar refractivity (Wildman–Crippen MR) is 65.7 cm³/mol. The van der Waals surface area contributed by atoms with Crippen LogP contribution in [0.5, 0.6) is 0 Å². The molecule has 4 nitrogen and oxygen atoms in total. The fourth-order valence-electron chi connectivity index (χ4n) is 1.42. The van der Waals surface area contributed by atoms with Gasteiger partial charge in [0.15, 0.2) is 0 Å². The predicted octanol–water partition coefficient (Wildman–Crippen LogP) is 1.87. The first kappa shape index (κ1) is 11.3. The molecule has 2 rings (SSSR count). The quantitative estimate of drug-likeness (QED) is 0.870. The standard InChI is InChI=1S/C11H13BrN4/c1-16-6-5-14-11(16)8-13-7-9-3-2-4-10(12)15-9/h2-6,13H,7-8H2,1H3. The Hall–Kier alpha value is -1.20. The van der Waals surface area contributed by atoms with E-state index >= 15 is 0 Å². The van der Waals surface area contributed by atoms with Crippen molar-refractivity contribution < 1.29 is 0 Å². The first-order valence-corrected chi connectivity index (χ1v) is 5.83. The number of halogens is 1. The second-order valence-corrected chi connectivity index (χ2v) is 4.32. The van der Waals surface area contributed by atoms with Crippen molar-refractivity contribution in [1.82, 2.24) is 19.9 Å². The number of hydrogen-bond donors (Lipinski definition) is 1. The SMILES string of the molecule is Cn1ccnc1CNCc1cccc(Br)n1. The highest BCUT2D eigenvalue weighted by Crippen LogP contribution is 2.06. The topological polar surface area (TPSA) is 42.7 Å². The Kier molecular flexibility index (Phi) is 3.69. The fourth-order valence-corrected chi connectivity index (χ4v) is 1.80. The van der Waals surface area contributed by atoms with E-state index < -0.39 is 0 Å². The number of aromatic nitrogens is 3. The smallest absolute Gasteiger partial charge is 0.122 e. The Labute approximate surface area is 103 Å². The summed E-state index contributed by atoms with van der Waals surface area (Å²) in [5.41, 5.74) is 1.02. The summed E-state index contributed by atoms with van der Waals surface area (Å²) in [4.78, 5) is 8.58. The molecule has 2 aromatic heterocycles. The maximum atomic E-state index is 4.34. The van der Waals surface area contributed by atoms with Gasteiger partial charge in [0.1, 0.15) is 10.4 Å². The average Bonchev–Trinajstić information content (AvgIpc) is 2.65. The van der Waals surface area contributed by atoms with Crippen molar-refractivity contribution in [3.63, 3.8) is 0 Å². The highest BCUT2D eigenvalue weighted by molar-refractivity contribution is 9.10. The van der Waals surface area contributed by atoms with Crippen LogP contribution < -0.4 is 5.32 Å². The van der Waals surface area contributed by atoms with Gasteiger partial charge in [0, 0.05) is 26.0 Å². The van der Waals surface area contributed by atoms with Crippen LogP contribution in [0.25, 0.3) is 0 Å². The van der Waals surface area contributed by atoms with Crippen LogP contribution in [-0.4, -0.2) is 14.5 Å². The fraction of sp³-hybridized carbons (Fsp3) is 0.273. The highest BCUT2D eigenvalue weighted by Gasteiger charge is 1.99. The molecule has 0 unspecified atom stereocenters. The van der Waals surface area contributed by atoms with E-state index in [0.717, 1.165) is 29.2 Å². The second-order valence-electron chi connectivity index (χ2n) is 3.51. The number of pyridine rings is 1. The number of aryl methyl sites for hydroxylation is 1. The van der Waals surface area contributed by atoms with E-state index in [4.69, 9.17) is 0 Å². The van der Waals surface area contributed by atoms with Crippen LogP contribution in [0.2, 0.25) is 0 Å². The molecule has 0 saturated heterocycles. The van der Waals surface area contributed by atoms with Crippen LogP contribution in [0.3, 0.4) is 0 Å². The van der Waals surface area contributed by atoms with Crippen molar-refractivity contribution in [3.8, 4) is 0 Å². The minimum absolute atomic E-state index is 0.742. The molecule has 0 spiro atoms. The van der Waals surface area contributed by atoms with E-state index in [9.17, 15) is 0 Å². The number of nitrogens with one attached hydrogen (secondary N) is 1. The number of hydrogen-bond acceptors (Lipinski definition) is 3. The van der Waals surface area contributed by atoms with Crippen LogP contribution in [0.15, 0.2) is 35.2 Å². The zero-order valence-corrected chi connectivity index (χ0v) is 10.6. The molecule has 0 amide bonds. The largest absolute Gasteiger partial charge is 0.337 e. The molecular weight excluding hydrogens is 268 g/mol. The third kappa shape index (κ3) is 2.90. The van der Waals surface area contributed by atoms with Crippen molar-refractivity contribution in [2.24, 2.45) is 7.05 Å². The van der Waals surface area contributed by atoms with Gasteiger partial charge in [-0.1, -0.05) is 6.07 Å². The number of rotatable bonds is 4. The van der Waals surface area contributed by atoms with E-state index in [2.05, 4.69) is 31.2 Å². The summed E-state index contributed by atoms with van der Waals surface area (Å²) < 4.78 is 2.87. The molecule has 2 aromatic rings. The first-order valence-electron chi connectivity index (χ1n) is 5.04. The first-order chi connectivity index (χ1) is 7.75. The van der Waals surface area contributed by atoms with Gasteiger partial charge in [-0.3, -0.25) is 0 Å². The van der Waals surface area contributed by atoms with E-state index in [1.54, 1.807) is 6.20 Å². The lowest BCUT2D eigenvalue weighted by Gasteiger charge is -2.04. The van der Waals surface area contributed by atoms with Gasteiger partial charge in [-0.2, -0.15) is 0 Å². The van der Waals surface area contributed by atoms with E-state index in [1.165, 1.54) is 0 Å². The van der Waals surface area contributed by atoms with Crippen LogP contribution >= 0.6 is 15.9 Å². The van der Waals surface area contributed by atoms with Crippen molar-refractivity contribution in [2.45, 2.75) is 13.1 Å². The third-order valence-corrected chi connectivity index (χ3v) is 2.72. The van der Waals surface area contributed by atoms with Gasteiger partial charge in [0.2, 0.25) is 0 Å². The molecule has 0 fully saturated rings. The summed E-state index contributed by atoms with van der Waals surface area (Å²) in [6.45, 7) is 1.49. The molecule has 84 valence electrons. The molecule has 0 bridgehead atoms. The van der Waals surface area contributed by atoms with Crippen molar-refractivity contribution in [2.75, 3.05) is 0 Å². The lowest BCUT2D eigenvalue weighted by Crippen LogP contribution is -2.16. The van der Waals surface area contributed by atoms with E-state index in [1.807, 2.05) is 36.0 Å². The molecule has 2 heterocycles. The van der Waals surface area contributed by atoms with Gasteiger partial charge in [0.25, 0.3) is 0 Å². The van der Waals surface area contributed by atoms with Gasteiger partial charge in [0.05, 0.1) is 12.2 Å². The van der Waals surface area contributed by atoms with Gasteiger partial charge in [-0.25, -0.2) is 9.97 Å². The summed E-state index contributed by atoms with van der Waals surface area (Å²) in [5, 5.41) is 3.31. The Balaban J connectivity index is 1.87.